The monoisotopic (exact) mass is 324 g/mol. The van der Waals surface area contributed by atoms with Crippen LogP contribution in [0.1, 0.15) is 38.9 Å². The van der Waals surface area contributed by atoms with Crippen LogP contribution in [0.2, 0.25) is 0 Å². The van der Waals surface area contributed by atoms with Crippen molar-refractivity contribution in [2.45, 2.75) is 26.8 Å². The van der Waals surface area contributed by atoms with Gasteiger partial charge in [0.25, 0.3) is 11.8 Å². The maximum Gasteiger partial charge on any atom is 0.262 e. The zero-order valence-electron chi connectivity index (χ0n) is 13.5. The lowest BCUT2D eigenvalue weighted by Crippen LogP contribution is -2.45. The van der Waals surface area contributed by atoms with Crippen LogP contribution in [0.15, 0.2) is 30.6 Å². The fourth-order valence-corrected chi connectivity index (χ4v) is 2.60. The van der Waals surface area contributed by atoms with Crippen LogP contribution in [-0.4, -0.2) is 38.6 Å². The SMILES string of the molecule is Cc1ccc2c(c1)C(=O)N(C(C)C(=O)Nc1cc(C)ncn1)C2=O. The van der Waals surface area contributed by atoms with Crippen molar-refractivity contribution in [3.05, 3.63) is 53.0 Å². The molecule has 1 aromatic heterocycles. The zero-order chi connectivity index (χ0) is 17.4. The Morgan fingerprint density at radius 1 is 1.08 bits per heavy atom. The minimum atomic E-state index is -0.951. The average Bonchev–Trinajstić information content (AvgIpc) is 2.77. The second kappa shape index (κ2) is 5.84. The summed E-state index contributed by atoms with van der Waals surface area (Å²) in [7, 11) is 0. The molecule has 2 aromatic rings. The summed E-state index contributed by atoms with van der Waals surface area (Å²) >= 11 is 0. The lowest BCUT2D eigenvalue weighted by Gasteiger charge is -2.21. The van der Waals surface area contributed by atoms with Crippen LogP contribution in [0.4, 0.5) is 5.82 Å². The second-order valence-electron chi connectivity index (χ2n) is 5.74. The number of benzene rings is 1. The Morgan fingerprint density at radius 3 is 2.50 bits per heavy atom. The van der Waals surface area contributed by atoms with E-state index in [1.165, 1.54) is 13.3 Å². The first-order valence-corrected chi connectivity index (χ1v) is 7.46. The van der Waals surface area contributed by atoms with Gasteiger partial charge in [0.05, 0.1) is 11.1 Å². The summed E-state index contributed by atoms with van der Waals surface area (Å²) in [6.07, 6.45) is 1.33. The highest BCUT2D eigenvalue weighted by molar-refractivity contribution is 6.23. The van der Waals surface area contributed by atoms with E-state index in [1.54, 1.807) is 31.2 Å². The lowest BCUT2D eigenvalue weighted by atomic mass is 10.1. The van der Waals surface area contributed by atoms with E-state index < -0.39 is 23.8 Å². The van der Waals surface area contributed by atoms with E-state index >= 15 is 0 Å². The predicted molar refractivity (Wildman–Crippen MR) is 86.5 cm³/mol. The first-order valence-electron chi connectivity index (χ1n) is 7.46. The topological polar surface area (TPSA) is 92.3 Å². The average molecular weight is 324 g/mol. The summed E-state index contributed by atoms with van der Waals surface area (Å²) in [4.78, 5) is 46.3. The summed E-state index contributed by atoms with van der Waals surface area (Å²) in [5.41, 5.74) is 2.23. The third kappa shape index (κ3) is 2.64. The molecule has 2 heterocycles. The summed E-state index contributed by atoms with van der Waals surface area (Å²) in [5, 5.41) is 2.60. The summed E-state index contributed by atoms with van der Waals surface area (Å²) in [5.74, 6) is -1.08. The second-order valence-corrected chi connectivity index (χ2v) is 5.74. The maximum atomic E-state index is 12.5. The van der Waals surface area contributed by atoms with Crippen molar-refractivity contribution >= 4 is 23.5 Å². The number of carbonyl (C=O) groups excluding carboxylic acids is 3. The molecule has 1 aromatic carbocycles. The number of hydrogen-bond donors (Lipinski definition) is 1. The van der Waals surface area contributed by atoms with Crippen molar-refractivity contribution in [2.75, 3.05) is 5.32 Å². The van der Waals surface area contributed by atoms with Crippen LogP contribution in [0, 0.1) is 13.8 Å². The van der Waals surface area contributed by atoms with Crippen molar-refractivity contribution in [3.8, 4) is 0 Å². The molecule has 1 atom stereocenters. The molecule has 3 amide bonds. The summed E-state index contributed by atoms with van der Waals surface area (Å²) < 4.78 is 0. The van der Waals surface area contributed by atoms with E-state index in [0.29, 0.717) is 22.6 Å². The number of aryl methyl sites for hydroxylation is 2. The highest BCUT2D eigenvalue weighted by atomic mass is 16.2. The molecule has 7 heteroatoms. The molecule has 1 unspecified atom stereocenters. The van der Waals surface area contributed by atoms with Crippen molar-refractivity contribution in [3.63, 3.8) is 0 Å². The van der Waals surface area contributed by atoms with Crippen molar-refractivity contribution in [2.24, 2.45) is 0 Å². The number of nitrogens with zero attached hydrogens (tertiary/aromatic N) is 3. The molecule has 1 aliphatic rings. The van der Waals surface area contributed by atoms with Gasteiger partial charge in [-0.3, -0.25) is 19.3 Å². The number of fused-ring (bicyclic) bond motifs is 1. The largest absolute Gasteiger partial charge is 0.309 e. The van der Waals surface area contributed by atoms with E-state index in [-0.39, 0.29) is 0 Å². The molecule has 122 valence electrons. The highest BCUT2D eigenvalue weighted by Crippen LogP contribution is 2.26. The number of hydrogen-bond acceptors (Lipinski definition) is 5. The van der Waals surface area contributed by atoms with Crippen LogP contribution in [-0.2, 0) is 4.79 Å². The molecule has 0 radical (unpaired) electrons. The van der Waals surface area contributed by atoms with E-state index in [1.807, 2.05) is 6.92 Å². The fourth-order valence-electron chi connectivity index (χ4n) is 2.60. The van der Waals surface area contributed by atoms with Gasteiger partial charge in [0.15, 0.2) is 0 Å². The lowest BCUT2D eigenvalue weighted by molar-refractivity contribution is -0.119. The number of nitrogens with one attached hydrogen (secondary N) is 1. The van der Waals surface area contributed by atoms with E-state index in [4.69, 9.17) is 0 Å². The molecule has 1 N–H and O–H groups in total. The molecule has 0 saturated heterocycles. The van der Waals surface area contributed by atoms with Crippen LogP contribution < -0.4 is 5.32 Å². The molecule has 1 aliphatic heterocycles. The van der Waals surface area contributed by atoms with Gasteiger partial charge in [-0.1, -0.05) is 11.6 Å². The van der Waals surface area contributed by atoms with Crippen molar-refractivity contribution in [1.82, 2.24) is 14.9 Å². The number of aromatic nitrogens is 2. The van der Waals surface area contributed by atoms with Crippen LogP contribution in [0.5, 0.6) is 0 Å². The standard InChI is InChI=1S/C17H16N4O3/c1-9-4-5-12-13(6-9)17(24)21(16(12)23)11(3)15(22)20-14-7-10(2)18-8-19-14/h4-8,11H,1-3H3,(H,18,19,20,22). The molecule has 0 bridgehead atoms. The quantitative estimate of drug-likeness (QED) is 0.868. The minimum absolute atomic E-state index is 0.322. The van der Waals surface area contributed by atoms with Crippen molar-refractivity contribution < 1.29 is 14.4 Å². The fraction of sp³-hybridized carbons (Fsp3) is 0.235. The minimum Gasteiger partial charge on any atom is -0.309 e. The number of imide groups is 1. The van der Waals surface area contributed by atoms with Gasteiger partial charge >= 0.3 is 0 Å². The Bertz CT molecular complexity index is 863. The van der Waals surface area contributed by atoms with E-state index in [9.17, 15) is 14.4 Å². The summed E-state index contributed by atoms with van der Waals surface area (Å²) in [6, 6.07) is 5.70. The van der Waals surface area contributed by atoms with E-state index in [2.05, 4.69) is 15.3 Å². The van der Waals surface area contributed by atoms with Gasteiger partial charge in [-0.15, -0.1) is 0 Å². The van der Waals surface area contributed by atoms with Crippen LogP contribution >= 0.6 is 0 Å². The van der Waals surface area contributed by atoms with Gasteiger partial charge in [0, 0.05) is 11.8 Å². The van der Waals surface area contributed by atoms with Gasteiger partial charge in [-0.05, 0) is 32.9 Å². The zero-order valence-corrected chi connectivity index (χ0v) is 13.5. The molecule has 0 saturated carbocycles. The number of carbonyl (C=O) groups is 3. The molecule has 7 nitrogen and oxygen atoms in total. The Balaban J connectivity index is 1.83. The first kappa shape index (κ1) is 15.8. The number of anilines is 1. The van der Waals surface area contributed by atoms with Crippen LogP contribution in [0.3, 0.4) is 0 Å². The molecule has 24 heavy (non-hydrogen) atoms. The Morgan fingerprint density at radius 2 is 1.79 bits per heavy atom. The first-order chi connectivity index (χ1) is 11.4. The predicted octanol–water partition coefficient (Wildman–Crippen LogP) is 1.72. The van der Waals surface area contributed by atoms with E-state index in [0.717, 1.165) is 10.5 Å². The molecule has 0 aliphatic carbocycles. The van der Waals surface area contributed by atoms with Crippen LogP contribution in [0.25, 0.3) is 0 Å². The Labute approximate surface area is 138 Å². The van der Waals surface area contributed by atoms with Gasteiger partial charge in [-0.25, -0.2) is 9.97 Å². The van der Waals surface area contributed by atoms with Gasteiger partial charge in [0.1, 0.15) is 18.2 Å². The number of amides is 3. The number of rotatable bonds is 3. The molecule has 0 spiro atoms. The molecular formula is C17H16N4O3. The third-order valence-corrected chi connectivity index (χ3v) is 3.90. The van der Waals surface area contributed by atoms with Gasteiger partial charge in [-0.2, -0.15) is 0 Å². The Kier molecular flexibility index (Phi) is 3.84. The van der Waals surface area contributed by atoms with Gasteiger partial charge in [0.2, 0.25) is 5.91 Å². The maximum absolute atomic E-state index is 12.5. The van der Waals surface area contributed by atoms with Gasteiger partial charge < -0.3 is 5.32 Å². The molecule has 3 rings (SSSR count). The smallest absolute Gasteiger partial charge is 0.262 e. The Hall–Kier alpha value is -3.09. The normalized spacial score (nSPS) is 14.5. The third-order valence-electron chi connectivity index (χ3n) is 3.90. The van der Waals surface area contributed by atoms with Crippen molar-refractivity contribution in [1.29, 1.82) is 0 Å². The summed E-state index contributed by atoms with van der Waals surface area (Å²) in [6.45, 7) is 5.12. The highest BCUT2D eigenvalue weighted by Gasteiger charge is 2.40. The molecular weight excluding hydrogens is 308 g/mol. The molecule has 0 fully saturated rings.